The predicted octanol–water partition coefficient (Wildman–Crippen LogP) is 3.26. The molecule has 1 aliphatic carbocycles. The molecule has 0 fully saturated rings. The molecular formula is C20H27N5. The van der Waals surface area contributed by atoms with Gasteiger partial charge in [-0.15, -0.1) is 0 Å². The van der Waals surface area contributed by atoms with Gasteiger partial charge in [-0.05, 0) is 45.7 Å². The van der Waals surface area contributed by atoms with Crippen molar-refractivity contribution in [3.05, 3.63) is 59.4 Å². The normalized spacial score (nSPS) is 14.9. The summed E-state index contributed by atoms with van der Waals surface area (Å²) < 4.78 is 2.00. The summed E-state index contributed by atoms with van der Waals surface area (Å²) in [5.74, 6) is 0.877. The number of aromatic nitrogens is 2. The van der Waals surface area contributed by atoms with Crippen LogP contribution in [0.1, 0.15) is 36.7 Å². The standard InChI is InChI=1S/C20H27N5/c1-4-21-20(23-17-10-8-9-11-17)22-14-19-15(2)24-25(16(19)3)18-12-6-5-7-13-18/h5-9,12-13,17H,4,10-11,14H2,1-3H3,(H2,21,22,23). The van der Waals surface area contributed by atoms with Crippen molar-refractivity contribution in [2.45, 2.75) is 46.2 Å². The second-order valence-electron chi connectivity index (χ2n) is 6.38. The molecule has 132 valence electrons. The summed E-state index contributed by atoms with van der Waals surface area (Å²) >= 11 is 0. The second-order valence-corrected chi connectivity index (χ2v) is 6.38. The summed E-state index contributed by atoms with van der Waals surface area (Å²) in [5, 5.41) is 11.6. The molecule has 5 heteroatoms. The van der Waals surface area contributed by atoms with E-state index >= 15 is 0 Å². The first-order valence-corrected chi connectivity index (χ1v) is 8.99. The Morgan fingerprint density at radius 1 is 1.20 bits per heavy atom. The number of nitrogens with one attached hydrogen (secondary N) is 2. The maximum absolute atomic E-state index is 4.79. The molecule has 1 heterocycles. The third-order valence-corrected chi connectivity index (χ3v) is 4.53. The lowest BCUT2D eigenvalue weighted by molar-refractivity contribution is 0.633. The van der Waals surface area contributed by atoms with Gasteiger partial charge in [-0.2, -0.15) is 5.10 Å². The van der Waals surface area contributed by atoms with E-state index in [0.29, 0.717) is 12.6 Å². The number of hydrogen-bond acceptors (Lipinski definition) is 2. The van der Waals surface area contributed by atoms with E-state index in [1.807, 2.05) is 22.9 Å². The van der Waals surface area contributed by atoms with Crippen LogP contribution in [0.2, 0.25) is 0 Å². The molecule has 1 aromatic carbocycles. The zero-order chi connectivity index (χ0) is 17.6. The van der Waals surface area contributed by atoms with E-state index in [0.717, 1.165) is 42.4 Å². The predicted molar refractivity (Wildman–Crippen MR) is 103 cm³/mol. The lowest BCUT2D eigenvalue weighted by Crippen LogP contribution is -2.42. The summed E-state index contributed by atoms with van der Waals surface area (Å²) in [6.07, 6.45) is 6.57. The average Bonchev–Trinajstić information content (AvgIpc) is 3.22. The molecule has 0 spiro atoms. The molecule has 1 aliphatic rings. The van der Waals surface area contributed by atoms with Crippen molar-refractivity contribution in [1.82, 2.24) is 20.4 Å². The lowest BCUT2D eigenvalue weighted by atomic mass is 10.2. The molecule has 2 N–H and O–H groups in total. The summed E-state index contributed by atoms with van der Waals surface area (Å²) in [5.41, 5.74) is 4.44. The molecule has 0 aliphatic heterocycles. The van der Waals surface area contributed by atoms with Crippen molar-refractivity contribution in [2.24, 2.45) is 4.99 Å². The van der Waals surface area contributed by atoms with Crippen molar-refractivity contribution >= 4 is 5.96 Å². The Hall–Kier alpha value is -2.56. The van der Waals surface area contributed by atoms with Gasteiger partial charge in [0, 0.05) is 23.8 Å². The zero-order valence-electron chi connectivity index (χ0n) is 15.3. The van der Waals surface area contributed by atoms with Crippen LogP contribution >= 0.6 is 0 Å². The molecule has 0 saturated heterocycles. The highest BCUT2D eigenvalue weighted by atomic mass is 15.3. The zero-order valence-corrected chi connectivity index (χ0v) is 15.3. The van der Waals surface area contributed by atoms with E-state index in [4.69, 9.17) is 10.1 Å². The minimum atomic E-state index is 0.451. The Bertz CT molecular complexity index is 750. The Morgan fingerprint density at radius 3 is 2.60 bits per heavy atom. The average molecular weight is 337 g/mol. The van der Waals surface area contributed by atoms with Gasteiger partial charge >= 0.3 is 0 Å². The quantitative estimate of drug-likeness (QED) is 0.500. The molecule has 0 saturated carbocycles. The Balaban J connectivity index is 1.77. The fourth-order valence-electron chi connectivity index (χ4n) is 3.13. The fraction of sp³-hybridized carbons (Fsp3) is 0.400. The highest BCUT2D eigenvalue weighted by Gasteiger charge is 2.14. The van der Waals surface area contributed by atoms with Crippen LogP contribution in [0.3, 0.4) is 0 Å². The van der Waals surface area contributed by atoms with Crippen LogP contribution in [0.5, 0.6) is 0 Å². The van der Waals surface area contributed by atoms with E-state index in [1.54, 1.807) is 0 Å². The molecule has 2 aromatic rings. The molecule has 0 bridgehead atoms. The molecule has 5 nitrogen and oxygen atoms in total. The molecular weight excluding hydrogens is 310 g/mol. The highest BCUT2D eigenvalue weighted by molar-refractivity contribution is 5.80. The Morgan fingerprint density at radius 2 is 1.92 bits per heavy atom. The molecule has 0 radical (unpaired) electrons. The second kappa shape index (κ2) is 8.01. The van der Waals surface area contributed by atoms with Crippen LogP contribution in [0.4, 0.5) is 0 Å². The van der Waals surface area contributed by atoms with Crippen LogP contribution < -0.4 is 10.6 Å². The topological polar surface area (TPSA) is 54.2 Å². The minimum Gasteiger partial charge on any atom is -0.357 e. The van der Waals surface area contributed by atoms with Gasteiger partial charge in [0.25, 0.3) is 0 Å². The molecule has 1 aromatic heterocycles. The molecule has 0 atom stereocenters. The number of benzene rings is 1. The number of rotatable bonds is 5. The third-order valence-electron chi connectivity index (χ3n) is 4.53. The number of guanidine groups is 1. The van der Waals surface area contributed by atoms with E-state index < -0.39 is 0 Å². The van der Waals surface area contributed by atoms with Gasteiger partial charge in [0.15, 0.2) is 5.96 Å². The molecule has 25 heavy (non-hydrogen) atoms. The van der Waals surface area contributed by atoms with Gasteiger partial charge in [-0.25, -0.2) is 9.67 Å². The summed E-state index contributed by atoms with van der Waals surface area (Å²) in [7, 11) is 0. The van der Waals surface area contributed by atoms with Crippen molar-refractivity contribution in [3.63, 3.8) is 0 Å². The maximum atomic E-state index is 4.79. The van der Waals surface area contributed by atoms with Gasteiger partial charge in [0.1, 0.15) is 0 Å². The Labute approximate surface area is 149 Å². The fourth-order valence-corrected chi connectivity index (χ4v) is 3.13. The van der Waals surface area contributed by atoms with Crippen molar-refractivity contribution in [2.75, 3.05) is 6.54 Å². The first-order valence-electron chi connectivity index (χ1n) is 8.99. The number of aryl methyl sites for hydroxylation is 1. The molecule has 0 unspecified atom stereocenters. The van der Waals surface area contributed by atoms with Gasteiger partial charge in [-0.1, -0.05) is 30.4 Å². The maximum Gasteiger partial charge on any atom is 0.191 e. The summed E-state index contributed by atoms with van der Waals surface area (Å²) in [4.78, 5) is 4.79. The van der Waals surface area contributed by atoms with Crippen LogP contribution in [-0.4, -0.2) is 28.3 Å². The number of aliphatic imine (C=N–C) groups is 1. The first-order chi connectivity index (χ1) is 12.2. The van der Waals surface area contributed by atoms with Gasteiger partial charge in [0.05, 0.1) is 17.9 Å². The van der Waals surface area contributed by atoms with E-state index in [1.165, 1.54) is 5.56 Å². The van der Waals surface area contributed by atoms with Crippen molar-refractivity contribution in [1.29, 1.82) is 0 Å². The minimum absolute atomic E-state index is 0.451. The third kappa shape index (κ3) is 4.10. The number of para-hydroxylation sites is 1. The van der Waals surface area contributed by atoms with E-state index in [9.17, 15) is 0 Å². The lowest BCUT2D eigenvalue weighted by Gasteiger charge is -2.16. The number of hydrogen-bond donors (Lipinski definition) is 2. The number of nitrogens with zero attached hydrogens (tertiary/aromatic N) is 3. The Kier molecular flexibility index (Phi) is 5.53. The first kappa shape index (κ1) is 17.3. The van der Waals surface area contributed by atoms with Gasteiger partial charge < -0.3 is 10.6 Å². The van der Waals surface area contributed by atoms with Crippen LogP contribution in [0.15, 0.2) is 47.5 Å². The van der Waals surface area contributed by atoms with Gasteiger partial charge in [-0.3, -0.25) is 0 Å². The highest BCUT2D eigenvalue weighted by Crippen LogP contribution is 2.18. The van der Waals surface area contributed by atoms with Crippen LogP contribution in [-0.2, 0) is 6.54 Å². The van der Waals surface area contributed by atoms with E-state index in [-0.39, 0.29) is 0 Å². The van der Waals surface area contributed by atoms with Gasteiger partial charge in [0.2, 0.25) is 0 Å². The monoisotopic (exact) mass is 337 g/mol. The van der Waals surface area contributed by atoms with Crippen molar-refractivity contribution in [3.8, 4) is 5.69 Å². The van der Waals surface area contributed by atoms with Crippen molar-refractivity contribution < 1.29 is 0 Å². The SMILES string of the molecule is CCNC(=NCc1c(C)nn(-c2ccccc2)c1C)NC1CC=CC1. The molecule has 3 rings (SSSR count). The molecule has 0 amide bonds. The largest absolute Gasteiger partial charge is 0.357 e. The summed E-state index contributed by atoms with van der Waals surface area (Å²) in [6.45, 7) is 7.73. The van der Waals surface area contributed by atoms with E-state index in [2.05, 4.69) is 55.7 Å². The smallest absolute Gasteiger partial charge is 0.191 e. The van der Waals surface area contributed by atoms with Crippen LogP contribution in [0, 0.1) is 13.8 Å². The summed E-state index contributed by atoms with van der Waals surface area (Å²) in [6, 6.07) is 10.7. The van der Waals surface area contributed by atoms with Crippen LogP contribution in [0.25, 0.3) is 5.69 Å².